The highest BCUT2D eigenvalue weighted by atomic mass is 79.9. The number of alkyl halides is 1. The average molecular weight is 327 g/mol. The third-order valence-corrected chi connectivity index (χ3v) is 3.44. The summed E-state index contributed by atoms with van der Waals surface area (Å²) in [6.07, 6.45) is 2.56. The molecule has 0 bridgehead atoms. The molecule has 0 aliphatic carbocycles. The summed E-state index contributed by atoms with van der Waals surface area (Å²) in [6.45, 7) is 0.574. The third kappa shape index (κ3) is 3.72. The first-order valence-electron chi connectivity index (χ1n) is 5.66. The standard InChI is InChI=1S/C14H13BrClNO/c15-10-11-4-5-14(13(16)9-11)18-8-6-12-3-1-2-7-17-12/h1-5,7,9H,6,8,10H2. The van der Waals surface area contributed by atoms with Crippen molar-refractivity contribution in [2.24, 2.45) is 0 Å². The van der Waals surface area contributed by atoms with Crippen molar-refractivity contribution in [1.29, 1.82) is 0 Å². The van der Waals surface area contributed by atoms with E-state index in [9.17, 15) is 0 Å². The number of hydrogen-bond acceptors (Lipinski definition) is 2. The zero-order valence-corrected chi connectivity index (χ0v) is 12.1. The summed E-state index contributed by atoms with van der Waals surface area (Å²) in [4.78, 5) is 4.24. The lowest BCUT2D eigenvalue weighted by molar-refractivity contribution is 0.320. The van der Waals surface area contributed by atoms with Crippen molar-refractivity contribution in [1.82, 2.24) is 4.98 Å². The van der Waals surface area contributed by atoms with Gasteiger partial charge >= 0.3 is 0 Å². The molecule has 0 aliphatic rings. The Bertz CT molecular complexity index is 504. The number of hydrogen-bond donors (Lipinski definition) is 0. The van der Waals surface area contributed by atoms with Crippen LogP contribution in [0.1, 0.15) is 11.3 Å². The Hall–Kier alpha value is -1.06. The fraction of sp³-hybridized carbons (Fsp3) is 0.214. The summed E-state index contributed by atoms with van der Waals surface area (Å²) in [5, 5.41) is 1.44. The van der Waals surface area contributed by atoms with Crippen molar-refractivity contribution in [3.05, 3.63) is 58.9 Å². The molecule has 18 heavy (non-hydrogen) atoms. The molecule has 0 aliphatic heterocycles. The first-order chi connectivity index (χ1) is 8.79. The van der Waals surface area contributed by atoms with E-state index in [2.05, 4.69) is 20.9 Å². The highest BCUT2D eigenvalue weighted by molar-refractivity contribution is 9.08. The quantitative estimate of drug-likeness (QED) is 0.766. The van der Waals surface area contributed by atoms with E-state index in [1.165, 1.54) is 0 Å². The zero-order valence-electron chi connectivity index (χ0n) is 9.77. The molecule has 1 aromatic carbocycles. The molecule has 0 saturated carbocycles. The third-order valence-electron chi connectivity index (χ3n) is 2.49. The second kappa shape index (κ2) is 6.76. The van der Waals surface area contributed by atoms with Gasteiger partial charge in [0, 0.05) is 23.6 Å². The largest absolute Gasteiger partial charge is 0.492 e. The van der Waals surface area contributed by atoms with E-state index in [1.54, 1.807) is 6.20 Å². The van der Waals surface area contributed by atoms with Gasteiger partial charge in [-0.1, -0.05) is 39.7 Å². The van der Waals surface area contributed by atoms with Crippen LogP contribution in [-0.2, 0) is 11.8 Å². The van der Waals surface area contributed by atoms with Crippen molar-refractivity contribution >= 4 is 27.5 Å². The van der Waals surface area contributed by atoms with E-state index in [4.69, 9.17) is 16.3 Å². The molecule has 4 heteroatoms. The van der Waals surface area contributed by atoms with Crippen molar-refractivity contribution in [2.75, 3.05) is 6.61 Å². The van der Waals surface area contributed by atoms with Crippen LogP contribution in [0.3, 0.4) is 0 Å². The summed E-state index contributed by atoms with van der Waals surface area (Å²) in [7, 11) is 0. The summed E-state index contributed by atoms with van der Waals surface area (Å²) in [6, 6.07) is 11.7. The summed E-state index contributed by atoms with van der Waals surface area (Å²) in [5.41, 5.74) is 2.16. The predicted molar refractivity (Wildman–Crippen MR) is 77.5 cm³/mol. The van der Waals surface area contributed by atoms with Gasteiger partial charge in [0.05, 0.1) is 11.6 Å². The lowest BCUT2D eigenvalue weighted by atomic mass is 10.2. The van der Waals surface area contributed by atoms with E-state index in [1.807, 2.05) is 36.4 Å². The zero-order chi connectivity index (χ0) is 12.8. The molecule has 0 atom stereocenters. The molecular formula is C14H13BrClNO. The number of nitrogens with zero attached hydrogens (tertiary/aromatic N) is 1. The Kier molecular flexibility index (Phi) is 5.02. The molecule has 1 heterocycles. The van der Waals surface area contributed by atoms with Crippen LogP contribution in [0.5, 0.6) is 5.75 Å². The lowest BCUT2D eigenvalue weighted by Crippen LogP contribution is -2.03. The van der Waals surface area contributed by atoms with Crippen molar-refractivity contribution in [3.63, 3.8) is 0 Å². The van der Waals surface area contributed by atoms with E-state index in [0.29, 0.717) is 11.6 Å². The van der Waals surface area contributed by atoms with Crippen LogP contribution in [0.15, 0.2) is 42.6 Å². The molecular weight excluding hydrogens is 314 g/mol. The molecule has 0 fully saturated rings. The van der Waals surface area contributed by atoms with Gasteiger partial charge in [0.2, 0.25) is 0 Å². The second-order valence-corrected chi connectivity index (χ2v) is 4.79. The van der Waals surface area contributed by atoms with Gasteiger partial charge in [-0.3, -0.25) is 4.98 Å². The highest BCUT2D eigenvalue weighted by Crippen LogP contribution is 2.26. The summed E-state index contributed by atoms with van der Waals surface area (Å²) >= 11 is 9.52. The molecule has 1 aromatic heterocycles. The number of pyridine rings is 1. The maximum Gasteiger partial charge on any atom is 0.137 e. The van der Waals surface area contributed by atoms with Crippen molar-refractivity contribution in [3.8, 4) is 5.75 Å². The van der Waals surface area contributed by atoms with Crippen LogP contribution in [0.4, 0.5) is 0 Å². The van der Waals surface area contributed by atoms with Crippen LogP contribution in [0, 0.1) is 0 Å². The number of benzene rings is 1. The van der Waals surface area contributed by atoms with E-state index < -0.39 is 0 Å². The molecule has 94 valence electrons. The molecule has 0 saturated heterocycles. The van der Waals surface area contributed by atoms with Crippen LogP contribution in [0.25, 0.3) is 0 Å². The fourth-order valence-electron chi connectivity index (χ4n) is 1.56. The molecule has 2 nitrogen and oxygen atoms in total. The topological polar surface area (TPSA) is 22.1 Å². The minimum absolute atomic E-state index is 0.574. The minimum atomic E-state index is 0.574. The molecule has 2 aromatic rings. The van der Waals surface area contributed by atoms with Gasteiger partial charge in [-0.25, -0.2) is 0 Å². The molecule has 0 spiro atoms. The Morgan fingerprint density at radius 3 is 2.78 bits per heavy atom. The maximum absolute atomic E-state index is 6.13. The van der Waals surface area contributed by atoms with Gasteiger partial charge < -0.3 is 4.74 Å². The SMILES string of the molecule is Clc1cc(CBr)ccc1OCCc1ccccn1. The smallest absolute Gasteiger partial charge is 0.137 e. The van der Waals surface area contributed by atoms with E-state index in [-0.39, 0.29) is 0 Å². The monoisotopic (exact) mass is 325 g/mol. The number of ether oxygens (including phenoxy) is 1. The molecule has 0 amide bonds. The predicted octanol–water partition coefficient (Wildman–Crippen LogP) is 4.25. The van der Waals surface area contributed by atoms with Gasteiger partial charge in [-0.2, -0.15) is 0 Å². The van der Waals surface area contributed by atoms with Crippen LogP contribution >= 0.6 is 27.5 Å². The normalized spacial score (nSPS) is 10.3. The fourth-order valence-corrected chi connectivity index (χ4v) is 2.16. The first kappa shape index (κ1) is 13.4. The molecule has 0 unspecified atom stereocenters. The van der Waals surface area contributed by atoms with Gasteiger partial charge in [-0.15, -0.1) is 0 Å². The highest BCUT2D eigenvalue weighted by Gasteiger charge is 2.03. The summed E-state index contributed by atoms with van der Waals surface area (Å²) < 4.78 is 5.65. The number of halogens is 2. The van der Waals surface area contributed by atoms with Gasteiger partial charge in [0.1, 0.15) is 5.75 Å². The Balaban J connectivity index is 1.91. The first-order valence-corrected chi connectivity index (χ1v) is 7.16. The van der Waals surface area contributed by atoms with Crippen LogP contribution < -0.4 is 4.74 Å². The maximum atomic E-state index is 6.13. The molecule has 2 rings (SSSR count). The Labute approximate surface area is 120 Å². The average Bonchev–Trinajstić information content (AvgIpc) is 2.42. The minimum Gasteiger partial charge on any atom is -0.492 e. The van der Waals surface area contributed by atoms with Gasteiger partial charge in [0.15, 0.2) is 0 Å². The van der Waals surface area contributed by atoms with Gasteiger partial charge in [0.25, 0.3) is 0 Å². The second-order valence-electron chi connectivity index (χ2n) is 3.82. The van der Waals surface area contributed by atoms with Crippen molar-refractivity contribution in [2.45, 2.75) is 11.8 Å². The Morgan fingerprint density at radius 2 is 2.11 bits per heavy atom. The van der Waals surface area contributed by atoms with Crippen molar-refractivity contribution < 1.29 is 4.74 Å². The summed E-state index contributed by atoms with van der Waals surface area (Å²) in [5.74, 6) is 0.720. The molecule has 0 radical (unpaired) electrons. The van der Waals surface area contributed by atoms with Crippen LogP contribution in [0.2, 0.25) is 5.02 Å². The number of aromatic nitrogens is 1. The van der Waals surface area contributed by atoms with Crippen LogP contribution in [-0.4, -0.2) is 11.6 Å². The number of rotatable bonds is 5. The molecule has 0 N–H and O–H groups in total. The Morgan fingerprint density at radius 1 is 1.22 bits per heavy atom. The van der Waals surface area contributed by atoms with E-state index >= 15 is 0 Å². The lowest BCUT2D eigenvalue weighted by Gasteiger charge is -2.08. The van der Waals surface area contributed by atoms with Gasteiger partial charge in [-0.05, 0) is 29.8 Å². The van der Waals surface area contributed by atoms with E-state index in [0.717, 1.165) is 28.8 Å².